The molecule has 4 nitrogen and oxygen atoms in total. The lowest BCUT2D eigenvalue weighted by atomic mass is 10.0. The Morgan fingerprint density at radius 1 is 1.44 bits per heavy atom. The van der Waals surface area contributed by atoms with Gasteiger partial charge in [-0.2, -0.15) is 0 Å². The highest BCUT2D eigenvalue weighted by Crippen LogP contribution is 2.24. The molecule has 0 spiro atoms. The lowest BCUT2D eigenvalue weighted by molar-refractivity contribution is 0.582. The standard InChI is InChI=1S/C13H18N2O2S/c1-2-3-9-15-18(16,17)12-7-6-11-5-4-8-14-13(11)10-12/h2,6-7,10,14-15H,1,3-5,8-9H2. The molecule has 1 heterocycles. The van der Waals surface area contributed by atoms with Crippen LogP contribution in [0.15, 0.2) is 35.7 Å². The number of sulfonamides is 1. The fourth-order valence-electron chi connectivity index (χ4n) is 1.99. The van der Waals surface area contributed by atoms with Crippen LogP contribution in [0.2, 0.25) is 0 Å². The Bertz CT molecular complexity index is 538. The molecule has 0 radical (unpaired) electrons. The van der Waals surface area contributed by atoms with Gasteiger partial charge in [-0.05, 0) is 37.0 Å². The summed E-state index contributed by atoms with van der Waals surface area (Å²) in [4.78, 5) is 0.319. The molecule has 18 heavy (non-hydrogen) atoms. The molecule has 0 aromatic heterocycles. The molecule has 0 atom stereocenters. The van der Waals surface area contributed by atoms with E-state index in [1.165, 1.54) is 5.56 Å². The lowest BCUT2D eigenvalue weighted by Gasteiger charge is -2.18. The average Bonchev–Trinajstić information content (AvgIpc) is 2.38. The van der Waals surface area contributed by atoms with Crippen molar-refractivity contribution in [3.05, 3.63) is 36.4 Å². The summed E-state index contributed by atoms with van der Waals surface area (Å²) in [5, 5.41) is 3.23. The van der Waals surface area contributed by atoms with Gasteiger partial charge in [0, 0.05) is 18.8 Å². The Balaban J connectivity index is 2.19. The fourth-order valence-corrected chi connectivity index (χ4v) is 3.06. The monoisotopic (exact) mass is 266 g/mol. The minimum atomic E-state index is -3.40. The van der Waals surface area contributed by atoms with Crippen molar-refractivity contribution in [2.24, 2.45) is 0 Å². The zero-order valence-corrected chi connectivity index (χ0v) is 11.1. The van der Waals surface area contributed by atoms with Gasteiger partial charge in [-0.1, -0.05) is 12.1 Å². The molecule has 5 heteroatoms. The van der Waals surface area contributed by atoms with Gasteiger partial charge in [-0.25, -0.2) is 13.1 Å². The maximum absolute atomic E-state index is 12.0. The highest BCUT2D eigenvalue weighted by Gasteiger charge is 2.16. The van der Waals surface area contributed by atoms with E-state index in [2.05, 4.69) is 16.6 Å². The molecular formula is C13H18N2O2S. The molecule has 0 aliphatic carbocycles. The number of benzene rings is 1. The summed E-state index contributed by atoms with van der Waals surface area (Å²) in [5.74, 6) is 0. The van der Waals surface area contributed by atoms with Crippen LogP contribution in [0.1, 0.15) is 18.4 Å². The molecule has 1 aromatic rings. The van der Waals surface area contributed by atoms with Gasteiger partial charge in [0.25, 0.3) is 0 Å². The molecule has 0 amide bonds. The zero-order valence-electron chi connectivity index (χ0n) is 10.3. The SMILES string of the molecule is C=CCCNS(=O)(=O)c1ccc2c(c1)NCCC2. The van der Waals surface area contributed by atoms with Gasteiger partial charge in [0.1, 0.15) is 0 Å². The average molecular weight is 266 g/mol. The molecule has 0 unspecified atom stereocenters. The van der Waals surface area contributed by atoms with Crippen molar-refractivity contribution in [3.8, 4) is 0 Å². The smallest absolute Gasteiger partial charge is 0.240 e. The van der Waals surface area contributed by atoms with Gasteiger partial charge in [0.15, 0.2) is 0 Å². The van der Waals surface area contributed by atoms with Crippen molar-refractivity contribution in [1.82, 2.24) is 4.72 Å². The number of fused-ring (bicyclic) bond motifs is 1. The molecule has 1 aliphatic rings. The van der Waals surface area contributed by atoms with E-state index in [-0.39, 0.29) is 0 Å². The molecule has 1 aliphatic heterocycles. The van der Waals surface area contributed by atoms with Crippen LogP contribution in [0.25, 0.3) is 0 Å². The molecule has 2 N–H and O–H groups in total. The molecule has 0 bridgehead atoms. The molecule has 0 fully saturated rings. The Kier molecular flexibility index (Phi) is 4.04. The topological polar surface area (TPSA) is 58.2 Å². The van der Waals surface area contributed by atoms with Crippen LogP contribution in [-0.4, -0.2) is 21.5 Å². The van der Waals surface area contributed by atoms with E-state index in [1.54, 1.807) is 18.2 Å². The normalized spacial score (nSPS) is 14.7. The predicted octanol–water partition coefficient (Wildman–Crippen LogP) is 1.90. The summed E-state index contributed by atoms with van der Waals surface area (Å²) in [6.07, 6.45) is 4.42. The van der Waals surface area contributed by atoms with E-state index in [4.69, 9.17) is 0 Å². The third-order valence-corrected chi connectivity index (χ3v) is 4.43. The van der Waals surface area contributed by atoms with Crippen LogP contribution in [0.3, 0.4) is 0 Å². The highest BCUT2D eigenvalue weighted by atomic mass is 32.2. The fraction of sp³-hybridized carbons (Fsp3) is 0.385. The Morgan fingerprint density at radius 3 is 3.06 bits per heavy atom. The summed E-state index contributed by atoms with van der Waals surface area (Å²) in [7, 11) is -3.40. The number of hydrogen-bond acceptors (Lipinski definition) is 3. The van der Waals surface area contributed by atoms with Crippen molar-refractivity contribution in [3.63, 3.8) is 0 Å². The summed E-state index contributed by atoms with van der Waals surface area (Å²) >= 11 is 0. The third kappa shape index (κ3) is 2.91. The molecule has 2 rings (SSSR count). The lowest BCUT2D eigenvalue weighted by Crippen LogP contribution is -2.25. The van der Waals surface area contributed by atoms with E-state index in [0.29, 0.717) is 17.9 Å². The van der Waals surface area contributed by atoms with Crippen molar-refractivity contribution in [1.29, 1.82) is 0 Å². The molecular weight excluding hydrogens is 248 g/mol. The largest absolute Gasteiger partial charge is 0.385 e. The van der Waals surface area contributed by atoms with Crippen molar-refractivity contribution >= 4 is 15.7 Å². The first-order valence-electron chi connectivity index (χ1n) is 6.11. The number of hydrogen-bond donors (Lipinski definition) is 2. The van der Waals surface area contributed by atoms with Crippen molar-refractivity contribution in [2.75, 3.05) is 18.4 Å². The van der Waals surface area contributed by atoms with E-state index >= 15 is 0 Å². The minimum Gasteiger partial charge on any atom is -0.385 e. The first-order chi connectivity index (χ1) is 8.63. The van der Waals surface area contributed by atoms with Crippen LogP contribution in [0, 0.1) is 0 Å². The number of rotatable bonds is 5. The molecule has 1 aromatic carbocycles. The summed E-state index contributed by atoms with van der Waals surface area (Å²) < 4.78 is 26.6. The second kappa shape index (κ2) is 5.54. The summed E-state index contributed by atoms with van der Waals surface area (Å²) in [6.45, 7) is 4.85. The molecule has 98 valence electrons. The second-order valence-corrected chi connectivity index (χ2v) is 6.09. The number of aryl methyl sites for hydroxylation is 1. The maximum atomic E-state index is 12.0. The number of nitrogens with one attached hydrogen (secondary N) is 2. The van der Waals surface area contributed by atoms with Gasteiger partial charge in [-0.15, -0.1) is 6.58 Å². The third-order valence-electron chi connectivity index (χ3n) is 2.97. The Hall–Kier alpha value is -1.33. The van der Waals surface area contributed by atoms with Crippen LogP contribution >= 0.6 is 0 Å². The highest BCUT2D eigenvalue weighted by molar-refractivity contribution is 7.89. The van der Waals surface area contributed by atoms with Crippen molar-refractivity contribution < 1.29 is 8.42 Å². The van der Waals surface area contributed by atoms with Gasteiger partial charge in [0.05, 0.1) is 4.90 Å². The van der Waals surface area contributed by atoms with Crippen molar-refractivity contribution in [2.45, 2.75) is 24.2 Å². The quantitative estimate of drug-likeness (QED) is 0.632. The summed E-state index contributed by atoms with van der Waals surface area (Å²) in [6, 6.07) is 5.27. The predicted molar refractivity (Wildman–Crippen MR) is 73.3 cm³/mol. The van der Waals surface area contributed by atoms with Crippen LogP contribution < -0.4 is 10.0 Å². The van der Waals surface area contributed by atoms with Gasteiger partial charge in [0.2, 0.25) is 10.0 Å². The summed E-state index contributed by atoms with van der Waals surface area (Å²) in [5.41, 5.74) is 2.12. The van der Waals surface area contributed by atoms with E-state index in [0.717, 1.165) is 25.1 Å². The molecule has 0 saturated carbocycles. The first kappa shape index (κ1) is 13.1. The number of anilines is 1. The first-order valence-corrected chi connectivity index (χ1v) is 7.59. The second-order valence-electron chi connectivity index (χ2n) is 4.32. The van der Waals surface area contributed by atoms with E-state index < -0.39 is 10.0 Å². The van der Waals surface area contributed by atoms with Crippen LogP contribution in [0.5, 0.6) is 0 Å². The van der Waals surface area contributed by atoms with Gasteiger partial charge >= 0.3 is 0 Å². The van der Waals surface area contributed by atoms with Crippen LogP contribution in [0.4, 0.5) is 5.69 Å². The van der Waals surface area contributed by atoms with Crippen LogP contribution in [-0.2, 0) is 16.4 Å². The maximum Gasteiger partial charge on any atom is 0.240 e. The van der Waals surface area contributed by atoms with E-state index in [9.17, 15) is 8.42 Å². The Morgan fingerprint density at radius 2 is 2.28 bits per heavy atom. The minimum absolute atomic E-state index is 0.319. The Labute approximate surface area is 108 Å². The van der Waals surface area contributed by atoms with Gasteiger partial charge in [-0.3, -0.25) is 0 Å². The van der Waals surface area contributed by atoms with Gasteiger partial charge < -0.3 is 5.32 Å². The zero-order chi connectivity index (χ0) is 13.0. The molecule has 0 saturated heterocycles. The van der Waals surface area contributed by atoms with E-state index in [1.807, 2.05) is 6.07 Å².